The normalized spacial score (nSPS) is 15.6. The molecule has 1 fully saturated rings. The predicted molar refractivity (Wildman–Crippen MR) is 174 cm³/mol. The van der Waals surface area contributed by atoms with Gasteiger partial charge in [-0.2, -0.15) is 5.10 Å². The quantitative estimate of drug-likeness (QED) is 0.190. The highest BCUT2D eigenvalue weighted by Gasteiger charge is 2.31. The van der Waals surface area contributed by atoms with E-state index in [1.165, 1.54) is 18.2 Å². The highest BCUT2D eigenvalue weighted by atomic mass is 35.5. The minimum absolute atomic E-state index is 0.126. The molecule has 0 unspecified atom stereocenters. The standard InChI is InChI=1S/C32H41ClN6O8/c1-32(2,3)47-31(42)38-12-13-45-26-17-24(25(44-5)16-23(26)38)39-22-18-27(33)35-19-21(22)28(36-39)29(40)34-8-11-37-9-6-20(7-10-37)30(41)46-15-14-43-4/h16-20H,6-15H2,1-5H3,(H,34,40). The van der Waals surface area contributed by atoms with Gasteiger partial charge in [-0.25, -0.2) is 14.5 Å². The van der Waals surface area contributed by atoms with Crippen molar-refractivity contribution >= 4 is 46.2 Å². The van der Waals surface area contributed by atoms with Crippen LogP contribution in [-0.2, 0) is 19.0 Å². The molecule has 3 aromatic rings. The van der Waals surface area contributed by atoms with Gasteiger partial charge in [-0.3, -0.25) is 14.5 Å². The fourth-order valence-electron chi connectivity index (χ4n) is 5.55. The number of esters is 1. The number of nitrogens with one attached hydrogen (secondary N) is 1. The summed E-state index contributed by atoms with van der Waals surface area (Å²) in [6.45, 7) is 9.08. The van der Waals surface area contributed by atoms with Crippen LogP contribution in [0.5, 0.6) is 11.5 Å². The number of ether oxygens (including phenoxy) is 5. The van der Waals surface area contributed by atoms with Gasteiger partial charge in [0.25, 0.3) is 5.91 Å². The van der Waals surface area contributed by atoms with E-state index >= 15 is 0 Å². The smallest absolute Gasteiger partial charge is 0.415 e. The van der Waals surface area contributed by atoms with E-state index in [1.807, 2.05) is 0 Å². The molecule has 15 heteroatoms. The van der Waals surface area contributed by atoms with E-state index in [1.54, 1.807) is 50.8 Å². The van der Waals surface area contributed by atoms with Crippen molar-refractivity contribution < 1.29 is 38.1 Å². The van der Waals surface area contributed by atoms with Crippen LogP contribution >= 0.6 is 11.6 Å². The van der Waals surface area contributed by atoms with Crippen molar-refractivity contribution in [2.24, 2.45) is 5.92 Å². The van der Waals surface area contributed by atoms with Gasteiger partial charge in [-0.15, -0.1) is 0 Å². The molecule has 1 saturated heterocycles. The van der Waals surface area contributed by atoms with Crippen molar-refractivity contribution in [3.8, 4) is 17.2 Å². The first-order valence-corrected chi connectivity index (χ1v) is 15.9. The lowest BCUT2D eigenvalue weighted by molar-refractivity contribution is -0.151. The molecular formula is C32H41ClN6O8. The van der Waals surface area contributed by atoms with Crippen LogP contribution < -0.4 is 19.7 Å². The molecule has 0 radical (unpaired) electrons. The summed E-state index contributed by atoms with van der Waals surface area (Å²) in [5, 5.41) is 8.36. The Kier molecular flexibility index (Phi) is 10.7. The average Bonchev–Trinajstić information content (AvgIpc) is 3.41. The third-order valence-corrected chi connectivity index (χ3v) is 8.09. The van der Waals surface area contributed by atoms with Crippen LogP contribution in [0.2, 0.25) is 5.15 Å². The molecule has 2 aliphatic heterocycles. The molecule has 0 bridgehead atoms. The van der Waals surface area contributed by atoms with Crippen molar-refractivity contribution in [1.82, 2.24) is 25.0 Å². The number of halogens is 1. The van der Waals surface area contributed by atoms with Gasteiger partial charge in [0.05, 0.1) is 42.8 Å². The summed E-state index contributed by atoms with van der Waals surface area (Å²) in [6, 6.07) is 5.02. The summed E-state index contributed by atoms with van der Waals surface area (Å²) in [4.78, 5) is 46.6. The number of fused-ring (bicyclic) bond motifs is 2. The Bertz CT molecular complexity index is 1620. The van der Waals surface area contributed by atoms with Gasteiger partial charge < -0.3 is 33.9 Å². The van der Waals surface area contributed by atoms with Gasteiger partial charge in [0, 0.05) is 44.6 Å². The maximum atomic E-state index is 13.5. The van der Waals surface area contributed by atoms with Crippen LogP contribution in [0.4, 0.5) is 10.5 Å². The first-order valence-electron chi connectivity index (χ1n) is 15.5. The Morgan fingerprint density at radius 2 is 1.83 bits per heavy atom. The van der Waals surface area contributed by atoms with Crippen LogP contribution in [-0.4, -0.2) is 110 Å². The molecule has 47 heavy (non-hydrogen) atoms. The molecule has 4 heterocycles. The van der Waals surface area contributed by atoms with E-state index in [0.717, 1.165) is 13.1 Å². The summed E-state index contributed by atoms with van der Waals surface area (Å²) in [6.07, 6.45) is 2.41. The number of benzene rings is 1. The van der Waals surface area contributed by atoms with E-state index in [-0.39, 0.29) is 41.9 Å². The van der Waals surface area contributed by atoms with Crippen LogP contribution in [0.1, 0.15) is 44.1 Å². The molecule has 0 saturated carbocycles. The highest BCUT2D eigenvalue weighted by Crippen LogP contribution is 2.41. The number of amides is 2. The van der Waals surface area contributed by atoms with Gasteiger partial charge in [0.2, 0.25) is 0 Å². The number of likely N-dealkylation sites (tertiary alicyclic amines) is 1. The van der Waals surface area contributed by atoms with Crippen molar-refractivity contribution in [2.45, 2.75) is 39.2 Å². The lowest BCUT2D eigenvalue weighted by Crippen LogP contribution is -2.41. The number of carbonyl (C=O) groups excluding carboxylic acids is 3. The minimum atomic E-state index is -0.672. The number of carbonyl (C=O) groups is 3. The third kappa shape index (κ3) is 8.06. The summed E-state index contributed by atoms with van der Waals surface area (Å²) in [5.41, 5.74) is 0.999. The topological polar surface area (TPSA) is 147 Å². The number of aromatic nitrogens is 3. The van der Waals surface area contributed by atoms with Gasteiger partial charge >= 0.3 is 12.1 Å². The van der Waals surface area contributed by atoms with Gasteiger partial charge in [0.15, 0.2) is 5.69 Å². The Hall–Kier alpha value is -4.14. The van der Waals surface area contributed by atoms with E-state index < -0.39 is 11.7 Å². The number of piperidine rings is 1. The second-order valence-corrected chi connectivity index (χ2v) is 12.7. The van der Waals surface area contributed by atoms with Crippen molar-refractivity contribution in [2.75, 3.05) is 71.7 Å². The molecule has 14 nitrogen and oxygen atoms in total. The molecule has 0 aliphatic carbocycles. The predicted octanol–water partition coefficient (Wildman–Crippen LogP) is 3.85. The zero-order valence-electron chi connectivity index (χ0n) is 27.3. The SMILES string of the molecule is COCCOC(=O)C1CCN(CCNC(=O)c2nn(-c3cc4c(cc3OC)N(C(=O)OC(C)(C)C)CCO4)c3cc(Cl)ncc23)CC1. The fraction of sp³-hybridized carbons (Fsp3) is 0.531. The van der Waals surface area contributed by atoms with E-state index in [9.17, 15) is 14.4 Å². The fourth-order valence-corrected chi connectivity index (χ4v) is 5.70. The Balaban J connectivity index is 1.32. The molecule has 1 N–H and O–H groups in total. The van der Waals surface area contributed by atoms with Gasteiger partial charge in [0.1, 0.15) is 41.2 Å². The molecular weight excluding hydrogens is 632 g/mol. The molecule has 5 rings (SSSR count). The number of rotatable bonds is 10. The molecule has 2 aromatic heterocycles. The zero-order chi connectivity index (χ0) is 33.7. The minimum Gasteiger partial charge on any atom is -0.494 e. The Morgan fingerprint density at radius 3 is 2.53 bits per heavy atom. The summed E-state index contributed by atoms with van der Waals surface area (Å²) < 4.78 is 29.0. The molecule has 254 valence electrons. The third-order valence-electron chi connectivity index (χ3n) is 7.88. The van der Waals surface area contributed by atoms with Crippen LogP contribution in [0.25, 0.3) is 16.6 Å². The number of anilines is 1. The number of methoxy groups -OCH3 is 2. The Labute approximate surface area is 278 Å². The number of hydrogen-bond acceptors (Lipinski definition) is 11. The summed E-state index contributed by atoms with van der Waals surface area (Å²) in [5.74, 6) is 0.129. The first-order chi connectivity index (χ1) is 22.5. The molecule has 2 aliphatic rings. The van der Waals surface area contributed by atoms with Crippen LogP contribution in [0.15, 0.2) is 24.4 Å². The molecule has 0 spiro atoms. The van der Waals surface area contributed by atoms with E-state index in [0.29, 0.717) is 72.9 Å². The van der Waals surface area contributed by atoms with Crippen LogP contribution in [0.3, 0.4) is 0 Å². The first kappa shape index (κ1) is 34.2. The molecule has 2 amide bonds. The monoisotopic (exact) mass is 672 g/mol. The molecule has 0 atom stereocenters. The average molecular weight is 673 g/mol. The van der Waals surface area contributed by atoms with Gasteiger partial charge in [-0.05, 0) is 46.7 Å². The maximum absolute atomic E-state index is 13.5. The second kappa shape index (κ2) is 14.7. The maximum Gasteiger partial charge on any atom is 0.415 e. The van der Waals surface area contributed by atoms with Crippen molar-refractivity contribution in [3.63, 3.8) is 0 Å². The van der Waals surface area contributed by atoms with Crippen molar-refractivity contribution in [1.29, 1.82) is 0 Å². The molecule has 1 aromatic carbocycles. The van der Waals surface area contributed by atoms with Crippen molar-refractivity contribution in [3.05, 3.63) is 35.2 Å². The number of pyridine rings is 1. The Morgan fingerprint density at radius 1 is 1.06 bits per heavy atom. The van der Waals surface area contributed by atoms with Gasteiger partial charge in [-0.1, -0.05) is 11.6 Å². The largest absolute Gasteiger partial charge is 0.494 e. The van der Waals surface area contributed by atoms with Crippen LogP contribution in [0, 0.1) is 5.92 Å². The lowest BCUT2D eigenvalue weighted by Gasteiger charge is -2.32. The number of hydrogen-bond donors (Lipinski definition) is 1. The highest BCUT2D eigenvalue weighted by molar-refractivity contribution is 6.30. The van der Waals surface area contributed by atoms with E-state index in [2.05, 4.69) is 20.3 Å². The zero-order valence-corrected chi connectivity index (χ0v) is 28.1. The van der Waals surface area contributed by atoms with E-state index in [4.69, 9.17) is 35.3 Å². The summed E-state index contributed by atoms with van der Waals surface area (Å²) in [7, 11) is 3.07. The summed E-state index contributed by atoms with van der Waals surface area (Å²) >= 11 is 6.29. The second-order valence-electron chi connectivity index (χ2n) is 12.3. The lowest BCUT2D eigenvalue weighted by atomic mass is 9.97. The number of nitrogens with zero attached hydrogens (tertiary/aromatic N) is 5.